The van der Waals surface area contributed by atoms with Gasteiger partial charge in [-0.25, -0.2) is 9.59 Å². The molecule has 1 saturated carbocycles. The normalized spacial score (nSPS) is 16.9. The number of amides is 2. The first-order chi connectivity index (χ1) is 9.56. The van der Waals surface area contributed by atoms with Crippen molar-refractivity contribution in [3.63, 3.8) is 0 Å². The molecule has 0 saturated heterocycles. The number of aromatic carboxylic acids is 1. The molecule has 0 aromatic carbocycles. The minimum absolute atomic E-state index is 0.135. The third-order valence-corrected chi connectivity index (χ3v) is 4.99. The molecule has 1 aliphatic carbocycles. The molecule has 2 rings (SSSR count). The summed E-state index contributed by atoms with van der Waals surface area (Å²) in [5.74, 6) is -1.03. The van der Waals surface area contributed by atoms with Crippen LogP contribution < -0.4 is 10.6 Å². The molecule has 1 aromatic heterocycles. The number of hydrogen-bond donors (Lipinski definition) is 3. The van der Waals surface area contributed by atoms with E-state index in [9.17, 15) is 9.59 Å². The van der Waals surface area contributed by atoms with Crippen LogP contribution in [0.15, 0.2) is 11.4 Å². The molecule has 3 N–H and O–H groups in total. The van der Waals surface area contributed by atoms with Gasteiger partial charge in [0.05, 0.1) is 5.56 Å². The Labute approximate surface area is 122 Å². The van der Waals surface area contributed by atoms with Gasteiger partial charge in [0, 0.05) is 6.54 Å². The van der Waals surface area contributed by atoms with Crippen molar-refractivity contribution in [2.45, 2.75) is 39.0 Å². The quantitative estimate of drug-likeness (QED) is 0.777. The Morgan fingerprint density at radius 1 is 1.40 bits per heavy atom. The third-order valence-electron chi connectivity index (χ3n) is 4.16. The summed E-state index contributed by atoms with van der Waals surface area (Å²) < 4.78 is 0. The van der Waals surface area contributed by atoms with Gasteiger partial charge < -0.3 is 10.4 Å². The maximum atomic E-state index is 11.9. The summed E-state index contributed by atoms with van der Waals surface area (Å²) in [5.41, 5.74) is 0.360. The number of carboxylic acid groups (broad SMARTS) is 1. The van der Waals surface area contributed by atoms with E-state index in [1.165, 1.54) is 30.2 Å². The number of carboxylic acids is 1. The molecular formula is C14H20N2O3S. The predicted molar refractivity (Wildman–Crippen MR) is 79.5 cm³/mol. The molecule has 6 heteroatoms. The molecule has 1 aliphatic rings. The van der Waals surface area contributed by atoms with E-state index >= 15 is 0 Å². The highest BCUT2D eigenvalue weighted by Crippen LogP contribution is 2.40. The van der Waals surface area contributed by atoms with Crippen molar-refractivity contribution in [3.8, 4) is 0 Å². The van der Waals surface area contributed by atoms with Crippen LogP contribution in [0, 0.1) is 5.41 Å². The summed E-state index contributed by atoms with van der Waals surface area (Å²) >= 11 is 1.22. The van der Waals surface area contributed by atoms with Gasteiger partial charge >= 0.3 is 12.0 Å². The molecule has 1 fully saturated rings. The zero-order valence-corrected chi connectivity index (χ0v) is 12.4. The monoisotopic (exact) mass is 296 g/mol. The fraction of sp³-hybridized carbons (Fsp3) is 0.571. The first-order valence-electron chi connectivity index (χ1n) is 6.92. The smallest absolute Gasteiger partial charge is 0.338 e. The number of nitrogens with one attached hydrogen (secondary N) is 2. The fourth-order valence-corrected chi connectivity index (χ4v) is 3.54. The van der Waals surface area contributed by atoms with Crippen LogP contribution in [0.25, 0.3) is 0 Å². The van der Waals surface area contributed by atoms with Crippen molar-refractivity contribution >= 4 is 28.3 Å². The third kappa shape index (κ3) is 3.30. The van der Waals surface area contributed by atoms with E-state index in [-0.39, 0.29) is 17.0 Å². The second-order valence-electron chi connectivity index (χ2n) is 5.34. The number of carbonyl (C=O) groups is 2. The second kappa shape index (κ2) is 6.26. The standard InChI is InChI=1S/C14H20N2O3S/c1-2-14(6-3-4-7-14)9-15-13(19)16-11-10(12(17)18)5-8-20-11/h5,8H,2-4,6-7,9H2,1H3,(H,17,18)(H2,15,16,19). The van der Waals surface area contributed by atoms with E-state index in [2.05, 4.69) is 17.6 Å². The van der Waals surface area contributed by atoms with Crippen LogP contribution in [0.1, 0.15) is 49.4 Å². The topological polar surface area (TPSA) is 78.4 Å². The van der Waals surface area contributed by atoms with E-state index in [0.29, 0.717) is 11.5 Å². The van der Waals surface area contributed by atoms with Gasteiger partial charge in [-0.2, -0.15) is 0 Å². The summed E-state index contributed by atoms with van der Waals surface area (Å²) in [6.45, 7) is 2.82. The Morgan fingerprint density at radius 3 is 2.70 bits per heavy atom. The second-order valence-corrected chi connectivity index (χ2v) is 6.25. The lowest BCUT2D eigenvalue weighted by molar-refractivity contribution is 0.0698. The van der Waals surface area contributed by atoms with Gasteiger partial charge in [0.15, 0.2) is 0 Å². The minimum Gasteiger partial charge on any atom is -0.478 e. The van der Waals surface area contributed by atoms with Crippen LogP contribution in [-0.4, -0.2) is 23.7 Å². The first-order valence-corrected chi connectivity index (χ1v) is 7.80. The molecule has 0 radical (unpaired) electrons. The van der Waals surface area contributed by atoms with Crippen LogP contribution >= 0.6 is 11.3 Å². The molecule has 0 unspecified atom stereocenters. The van der Waals surface area contributed by atoms with E-state index in [0.717, 1.165) is 19.3 Å². The number of anilines is 1. The Hall–Kier alpha value is -1.56. The number of carbonyl (C=O) groups excluding carboxylic acids is 1. The summed E-state index contributed by atoms with van der Waals surface area (Å²) in [5, 5.41) is 16.5. The predicted octanol–water partition coefficient (Wildman–Crippen LogP) is 3.54. The molecule has 20 heavy (non-hydrogen) atoms. The summed E-state index contributed by atoms with van der Waals surface area (Å²) in [6.07, 6.45) is 5.83. The average molecular weight is 296 g/mol. The number of rotatable bonds is 5. The SMILES string of the molecule is CCC1(CNC(=O)Nc2sccc2C(=O)O)CCCC1. The molecule has 0 bridgehead atoms. The molecule has 0 atom stereocenters. The van der Waals surface area contributed by atoms with Gasteiger partial charge in [-0.1, -0.05) is 19.8 Å². The highest BCUT2D eigenvalue weighted by atomic mass is 32.1. The zero-order chi connectivity index (χ0) is 14.6. The molecule has 0 spiro atoms. The highest BCUT2D eigenvalue weighted by molar-refractivity contribution is 7.14. The Kier molecular flexibility index (Phi) is 4.65. The lowest BCUT2D eigenvalue weighted by Gasteiger charge is -2.27. The molecular weight excluding hydrogens is 276 g/mol. The van der Waals surface area contributed by atoms with Crippen LogP contribution in [0.5, 0.6) is 0 Å². The first kappa shape index (κ1) is 14.8. The Morgan fingerprint density at radius 2 is 2.10 bits per heavy atom. The molecule has 5 nitrogen and oxygen atoms in total. The van der Waals surface area contributed by atoms with Crippen molar-refractivity contribution in [1.82, 2.24) is 5.32 Å². The van der Waals surface area contributed by atoms with Crippen LogP contribution in [0.4, 0.5) is 9.80 Å². The van der Waals surface area contributed by atoms with Gasteiger partial charge in [-0.15, -0.1) is 11.3 Å². The van der Waals surface area contributed by atoms with Crippen LogP contribution in [-0.2, 0) is 0 Å². The summed E-state index contributed by atoms with van der Waals surface area (Å²) in [7, 11) is 0. The van der Waals surface area contributed by atoms with Gasteiger partial charge in [-0.3, -0.25) is 5.32 Å². The van der Waals surface area contributed by atoms with Crippen LogP contribution in [0.3, 0.4) is 0 Å². The largest absolute Gasteiger partial charge is 0.478 e. The van der Waals surface area contributed by atoms with Crippen molar-refractivity contribution in [2.24, 2.45) is 5.41 Å². The number of hydrogen-bond acceptors (Lipinski definition) is 3. The van der Waals surface area contributed by atoms with E-state index < -0.39 is 5.97 Å². The average Bonchev–Trinajstić information content (AvgIpc) is 3.05. The maximum Gasteiger partial charge on any atom is 0.338 e. The van der Waals surface area contributed by atoms with Crippen molar-refractivity contribution in [2.75, 3.05) is 11.9 Å². The van der Waals surface area contributed by atoms with Crippen molar-refractivity contribution < 1.29 is 14.7 Å². The Bertz CT molecular complexity index is 492. The maximum absolute atomic E-state index is 11.9. The molecule has 2 amide bonds. The number of thiophene rings is 1. The van der Waals surface area contributed by atoms with Gasteiger partial charge in [0.2, 0.25) is 0 Å². The van der Waals surface area contributed by atoms with E-state index in [1.807, 2.05) is 0 Å². The van der Waals surface area contributed by atoms with Gasteiger partial charge in [-0.05, 0) is 36.1 Å². The van der Waals surface area contributed by atoms with Crippen molar-refractivity contribution in [3.05, 3.63) is 17.0 Å². The molecule has 1 aromatic rings. The highest BCUT2D eigenvalue weighted by Gasteiger charge is 2.32. The zero-order valence-electron chi connectivity index (χ0n) is 11.6. The molecule has 110 valence electrons. The number of urea groups is 1. The van der Waals surface area contributed by atoms with Gasteiger partial charge in [0.25, 0.3) is 0 Å². The Balaban J connectivity index is 1.89. The summed E-state index contributed by atoms with van der Waals surface area (Å²) in [6, 6.07) is 1.17. The van der Waals surface area contributed by atoms with E-state index in [1.54, 1.807) is 5.38 Å². The van der Waals surface area contributed by atoms with Crippen molar-refractivity contribution in [1.29, 1.82) is 0 Å². The lowest BCUT2D eigenvalue weighted by Crippen LogP contribution is -2.38. The van der Waals surface area contributed by atoms with Gasteiger partial charge in [0.1, 0.15) is 5.00 Å². The van der Waals surface area contributed by atoms with Crippen LogP contribution in [0.2, 0.25) is 0 Å². The van der Waals surface area contributed by atoms with E-state index in [4.69, 9.17) is 5.11 Å². The fourth-order valence-electron chi connectivity index (χ4n) is 2.77. The molecule has 1 heterocycles. The lowest BCUT2D eigenvalue weighted by atomic mass is 9.83. The summed E-state index contributed by atoms with van der Waals surface area (Å²) in [4.78, 5) is 22.9. The molecule has 0 aliphatic heterocycles. The minimum atomic E-state index is -1.03.